The summed E-state index contributed by atoms with van der Waals surface area (Å²) in [6.07, 6.45) is 5.46. The minimum absolute atomic E-state index is 0.682. The van der Waals surface area contributed by atoms with Gasteiger partial charge in [-0.05, 0) is 6.07 Å². The van der Waals surface area contributed by atoms with Gasteiger partial charge in [0.1, 0.15) is 0 Å². The molecule has 0 radical (unpaired) electrons. The van der Waals surface area contributed by atoms with Crippen molar-refractivity contribution in [2.75, 3.05) is 25.6 Å². The molecule has 2 aromatic rings. The van der Waals surface area contributed by atoms with Gasteiger partial charge in [-0.25, -0.2) is 4.98 Å². The summed E-state index contributed by atoms with van der Waals surface area (Å²) < 4.78 is 4.96. The first-order valence-electron chi connectivity index (χ1n) is 4.99. The number of rotatable bonds is 5. The summed E-state index contributed by atoms with van der Waals surface area (Å²) in [6, 6.07) is 3.95. The van der Waals surface area contributed by atoms with E-state index in [1.165, 1.54) is 0 Å². The maximum absolute atomic E-state index is 4.96. The number of hydrogen-bond acceptors (Lipinski definition) is 5. The zero-order valence-electron chi connectivity index (χ0n) is 9.01. The van der Waals surface area contributed by atoms with E-state index < -0.39 is 0 Å². The lowest BCUT2D eigenvalue weighted by molar-refractivity contribution is 0.211. The normalized spacial score (nSPS) is 10.3. The fourth-order valence-electron chi connectivity index (χ4n) is 1.26. The molecular formula is C11H13N3OS. The molecule has 0 bridgehead atoms. The summed E-state index contributed by atoms with van der Waals surface area (Å²) in [6.45, 7) is 1.46. The molecule has 0 amide bonds. The molecule has 0 spiro atoms. The van der Waals surface area contributed by atoms with Crippen molar-refractivity contribution in [2.24, 2.45) is 0 Å². The molecule has 1 N–H and O–H groups in total. The van der Waals surface area contributed by atoms with Crippen LogP contribution in [-0.2, 0) is 4.74 Å². The molecule has 0 aliphatic carbocycles. The Labute approximate surface area is 98.3 Å². The summed E-state index contributed by atoms with van der Waals surface area (Å²) in [7, 11) is 1.69. The molecule has 0 atom stereocenters. The van der Waals surface area contributed by atoms with Gasteiger partial charge in [0, 0.05) is 37.8 Å². The number of anilines is 1. The predicted molar refractivity (Wildman–Crippen MR) is 65.7 cm³/mol. The first-order valence-corrected chi connectivity index (χ1v) is 5.81. The van der Waals surface area contributed by atoms with Gasteiger partial charge in [0.15, 0.2) is 5.13 Å². The van der Waals surface area contributed by atoms with Gasteiger partial charge in [-0.1, -0.05) is 17.4 Å². The topological polar surface area (TPSA) is 47.0 Å². The summed E-state index contributed by atoms with van der Waals surface area (Å²) in [5.74, 6) is 0. The second kappa shape index (κ2) is 5.58. The molecule has 2 heterocycles. The van der Waals surface area contributed by atoms with E-state index in [-0.39, 0.29) is 0 Å². The van der Waals surface area contributed by atoms with Crippen molar-refractivity contribution < 1.29 is 4.74 Å². The van der Waals surface area contributed by atoms with Crippen LogP contribution in [0.4, 0.5) is 5.13 Å². The molecule has 0 saturated carbocycles. The van der Waals surface area contributed by atoms with Crippen LogP contribution < -0.4 is 5.32 Å². The standard InChI is InChI=1S/C11H13N3OS/c1-15-6-5-13-11-14-8-10(16-11)9-3-2-4-12-7-9/h2-4,7-8H,5-6H2,1H3,(H,13,14). The zero-order valence-corrected chi connectivity index (χ0v) is 9.83. The van der Waals surface area contributed by atoms with Crippen molar-refractivity contribution >= 4 is 16.5 Å². The van der Waals surface area contributed by atoms with Gasteiger partial charge < -0.3 is 10.1 Å². The molecule has 0 saturated heterocycles. The van der Waals surface area contributed by atoms with Gasteiger partial charge in [-0.3, -0.25) is 4.98 Å². The maximum atomic E-state index is 4.96. The van der Waals surface area contributed by atoms with Crippen molar-refractivity contribution in [3.63, 3.8) is 0 Å². The van der Waals surface area contributed by atoms with Gasteiger partial charge in [0.05, 0.1) is 11.5 Å². The van der Waals surface area contributed by atoms with E-state index in [0.29, 0.717) is 6.61 Å². The van der Waals surface area contributed by atoms with E-state index in [9.17, 15) is 0 Å². The Kier molecular flexibility index (Phi) is 3.85. The number of ether oxygens (including phenoxy) is 1. The van der Waals surface area contributed by atoms with Crippen molar-refractivity contribution in [1.29, 1.82) is 0 Å². The van der Waals surface area contributed by atoms with Crippen LogP contribution in [0.2, 0.25) is 0 Å². The summed E-state index contributed by atoms with van der Waals surface area (Å²) >= 11 is 1.62. The Morgan fingerprint density at radius 3 is 3.12 bits per heavy atom. The van der Waals surface area contributed by atoms with Crippen LogP contribution in [0.1, 0.15) is 0 Å². The number of aromatic nitrogens is 2. The summed E-state index contributed by atoms with van der Waals surface area (Å²) in [4.78, 5) is 9.49. The van der Waals surface area contributed by atoms with Crippen molar-refractivity contribution in [1.82, 2.24) is 9.97 Å². The highest BCUT2D eigenvalue weighted by atomic mass is 32.1. The summed E-state index contributed by atoms with van der Waals surface area (Å²) in [5.41, 5.74) is 1.10. The van der Waals surface area contributed by atoms with E-state index >= 15 is 0 Å². The number of nitrogens with one attached hydrogen (secondary N) is 1. The Morgan fingerprint density at radius 2 is 2.38 bits per heavy atom. The maximum Gasteiger partial charge on any atom is 0.183 e. The molecular weight excluding hydrogens is 222 g/mol. The number of thiazole rings is 1. The minimum atomic E-state index is 0.682. The van der Waals surface area contributed by atoms with E-state index in [2.05, 4.69) is 15.3 Å². The highest BCUT2D eigenvalue weighted by Gasteiger charge is 2.03. The molecule has 2 rings (SSSR count). The third-order valence-corrected chi connectivity index (χ3v) is 3.04. The molecule has 84 valence electrons. The third kappa shape index (κ3) is 2.77. The minimum Gasteiger partial charge on any atom is -0.383 e. The molecule has 0 aromatic carbocycles. The average molecular weight is 235 g/mol. The summed E-state index contributed by atoms with van der Waals surface area (Å²) in [5, 5.41) is 4.11. The Hall–Kier alpha value is -1.46. The number of hydrogen-bond donors (Lipinski definition) is 1. The number of methoxy groups -OCH3 is 1. The fraction of sp³-hybridized carbons (Fsp3) is 0.273. The number of nitrogens with zero attached hydrogens (tertiary/aromatic N) is 2. The van der Waals surface area contributed by atoms with Crippen LogP contribution in [0, 0.1) is 0 Å². The fourth-order valence-corrected chi connectivity index (χ4v) is 2.09. The van der Waals surface area contributed by atoms with E-state index in [1.54, 1.807) is 24.6 Å². The van der Waals surface area contributed by atoms with Gasteiger partial charge in [-0.2, -0.15) is 0 Å². The molecule has 2 aromatic heterocycles. The highest BCUT2D eigenvalue weighted by Crippen LogP contribution is 2.27. The van der Waals surface area contributed by atoms with Crippen molar-refractivity contribution in [3.8, 4) is 10.4 Å². The van der Waals surface area contributed by atoms with E-state index in [0.717, 1.165) is 22.1 Å². The lowest BCUT2D eigenvalue weighted by Crippen LogP contribution is -2.06. The van der Waals surface area contributed by atoms with Crippen LogP contribution in [0.3, 0.4) is 0 Å². The highest BCUT2D eigenvalue weighted by molar-refractivity contribution is 7.18. The largest absolute Gasteiger partial charge is 0.383 e. The SMILES string of the molecule is COCCNc1ncc(-c2cccnc2)s1. The van der Waals surface area contributed by atoms with Crippen LogP contribution in [0.5, 0.6) is 0 Å². The molecule has 5 heteroatoms. The van der Waals surface area contributed by atoms with Gasteiger partial charge in [0.25, 0.3) is 0 Å². The Morgan fingerprint density at radius 1 is 1.44 bits per heavy atom. The van der Waals surface area contributed by atoms with Crippen LogP contribution in [-0.4, -0.2) is 30.2 Å². The Bertz CT molecular complexity index is 430. The lowest BCUT2D eigenvalue weighted by atomic mass is 10.3. The van der Waals surface area contributed by atoms with Crippen molar-refractivity contribution in [2.45, 2.75) is 0 Å². The first kappa shape index (κ1) is 11.0. The molecule has 16 heavy (non-hydrogen) atoms. The molecule has 0 aliphatic heterocycles. The smallest absolute Gasteiger partial charge is 0.183 e. The van der Waals surface area contributed by atoms with E-state index in [4.69, 9.17) is 4.74 Å². The first-order chi connectivity index (χ1) is 7.90. The van der Waals surface area contributed by atoms with Crippen LogP contribution in [0.25, 0.3) is 10.4 Å². The monoisotopic (exact) mass is 235 g/mol. The third-order valence-electron chi connectivity index (χ3n) is 2.03. The second-order valence-electron chi connectivity index (χ2n) is 3.19. The van der Waals surface area contributed by atoms with Gasteiger partial charge >= 0.3 is 0 Å². The second-order valence-corrected chi connectivity index (χ2v) is 4.22. The number of pyridine rings is 1. The molecule has 0 fully saturated rings. The average Bonchev–Trinajstić information content (AvgIpc) is 2.79. The quantitative estimate of drug-likeness (QED) is 0.807. The van der Waals surface area contributed by atoms with E-state index in [1.807, 2.05) is 24.5 Å². The molecule has 0 unspecified atom stereocenters. The van der Waals surface area contributed by atoms with Crippen LogP contribution >= 0.6 is 11.3 Å². The Balaban J connectivity index is 2.02. The molecule has 4 nitrogen and oxygen atoms in total. The van der Waals surface area contributed by atoms with Gasteiger partial charge in [0.2, 0.25) is 0 Å². The van der Waals surface area contributed by atoms with Crippen LogP contribution in [0.15, 0.2) is 30.7 Å². The molecule has 0 aliphatic rings. The zero-order chi connectivity index (χ0) is 11.2. The predicted octanol–water partition coefficient (Wildman–Crippen LogP) is 2.26. The lowest BCUT2D eigenvalue weighted by Gasteiger charge is -1.99. The van der Waals surface area contributed by atoms with Gasteiger partial charge in [-0.15, -0.1) is 0 Å². The van der Waals surface area contributed by atoms with Crippen molar-refractivity contribution in [3.05, 3.63) is 30.7 Å².